The van der Waals surface area contributed by atoms with Gasteiger partial charge in [-0.25, -0.2) is 15.0 Å². The van der Waals surface area contributed by atoms with Gasteiger partial charge in [-0.05, 0) is 49.9 Å². The summed E-state index contributed by atoms with van der Waals surface area (Å²) in [6.07, 6.45) is 11.5. The number of benzene rings is 2. The van der Waals surface area contributed by atoms with Gasteiger partial charge in [0.25, 0.3) is 11.8 Å². The summed E-state index contributed by atoms with van der Waals surface area (Å²) in [5.41, 5.74) is 5.53. The van der Waals surface area contributed by atoms with Crippen molar-refractivity contribution in [2.75, 3.05) is 30.4 Å². The van der Waals surface area contributed by atoms with Crippen LogP contribution in [0.25, 0.3) is 5.69 Å². The van der Waals surface area contributed by atoms with Gasteiger partial charge in [0.05, 0.1) is 44.3 Å². The average Bonchev–Trinajstić information content (AvgIpc) is 4.16. The van der Waals surface area contributed by atoms with E-state index in [0.29, 0.717) is 77.4 Å². The first kappa shape index (κ1) is 43.7. The van der Waals surface area contributed by atoms with E-state index < -0.39 is 11.9 Å². The molecule has 2 fully saturated rings. The van der Waals surface area contributed by atoms with Crippen molar-refractivity contribution in [2.45, 2.75) is 102 Å². The number of nitrogens with zero attached hydrogens (tertiary/aromatic N) is 10. The minimum Gasteiger partial charge on any atom is -0.496 e. The Bertz CT molecular complexity index is 2750. The molecule has 20 nitrogen and oxygen atoms in total. The van der Waals surface area contributed by atoms with Crippen LogP contribution in [0.1, 0.15) is 119 Å². The van der Waals surface area contributed by atoms with Crippen molar-refractivity contribution in [1.82, 2.24) is 55.4 Å². The molecule has 66 heavy (non-hydrogen) atoms. The Morgan fingerprint density at radius 1 is 1.06 bits per heavy atom. The molecule has 0 spiro atoms. The van der Waals surface area contributed by atoms with Gasteiger partial charge in [-0.3, -0.25) is 38.5 Å². The number of hydrogen-bond acceptors (Lipinski definition) is 14. The predicted octanol–water partition coefficient (Wildman–Crippen LogP) is 3.25. The fraction of sp³-hybridized carbons (Fsp3) is 0.413. The van der Waals surface area contributed by atoms with Crippen LogP contribution < -0.4 is 30.9 Å². The zero-order chi connectivity index (χ0) is 45.9. The highest BCUT2D eigenvalue weighted by Gasteiger charge is 2.41. The molecule has 4 N–H and O–H groups in total. The Kier molecular flexibility index (Phi) is 12.5. The van der Waals surface area contributed by atoms with E-state index in [0.717, 1.165) is 54.9 Å². The summed E-state index contributed by atoms with van der Waals surface area (Å²) in [5.74, 6) is 0.308. The molecule has 3 aliphatic heterocycles. The maximum Gasteiger partial charge on any atom is 0.255 e. The number of ether oxygens (including phenoxy) is 1. The number of anilines is 2. The molecule has 1 unspecified atom stereocenters. The summed E-state index contributed by atoms with van der Waals surface area (Å²) in [7, 11) is 1.57. The SMILES string of the molecule is CC[C@@H]1c2c(C#N)ncn2-c2cnc(Cc3ccc(C(=O)NCc4cn(CCNCCC(=O)Nc5cccc6c5CN(C5CCC(=O)NC5=O)C6=O)nn4)cc3OC)nc2N1C1CCCC1. The first-order valence-electron chi connectivity index (χ1n) is 22.4. The number of fused-ring (bicyclic) bond motifs is 4. The number of nitrogens with one attached hydrogen (secondary N) is 4. The van der Waals surface area contributed by atoms with Gasteiger partial charge in [0.2, 0.25) is 17.7 Å². The van der Waals surface area contributed by atoms with Crippen LogP contribution in [-0.2, 0) is 40.4 Å². The minimum absolute atomic E-state index is 0.0305. The van der Waals surface area contributed by atoms with Crippen molar-refractivity contribution in [3.63, 3.8) is 0 Å². The van der Waals surface area contributed by atoms with Gasteiger partial charge in [0.1, 0.15) is 41.4 Å². The summed E-state index contributed by atoms with van der Waals surface area (Å²) in [6, 6.07) is 12.2. The molecule has 4 aliphatic rings. The van der Waals surface area contributed by atoms with Gasteiger partial charge < -0.3 is 30.5 Å². The lowest BCUT2D eigenvalue weighted by Crippen LogP contribution is -2.52. The first-order valence-corrected chi connectivity index (χ1v) is 22.4. The monoisotopic (exact) mass is 894 g/mol. The number of nitriles is 1. The molecular formula is C46H50N14O6. The summed E-state index contributed by atoms with van der Waals surface area (Å²) in [6.45, 7) is 3.82. The predicted molar refractivity (Wildman–Crippen MR) is 237 cm³/mol. The van der Waals surface area contributed by atoms with E-state index >= 15 is 0 Å². The fourth-order valence-electron chi connectivity index (χ4n) is 9.52. The molecule has 6 heterocycles. The lowest BCUT2D eigenvalue weighted by atomic mass is 10.0. The number of methoxy groups -OCH3 is 1. The number of hydrogen-bond donors (Lipinski definition) is 4. The maximum atomic E-state index is 13.3. The van der Waals surface area contributed by atoms with Crippen LogP contribution in [0, 0.1) is 11.3 Å². The minimum atomic E-state index is -0.739. The number of rotatable bonds is 16. The number of amides is 5. The zero-order valence-electron chi connectivity index (χ0n) is 36.7. The number of carbonyl (C=O) groups excluding carboxylic acids is 5. The normalized spacial score (nSPS) is 17.8. The second-order valence-corrected chi connectivity index (χ2v) is 16.9. The number of aromatic nitrogens is 7. The smallest absolute Gasteiger partial charge is 0.255 e. The lowest BCUT2D eigenvalue weighted by Gasteiger charge is -2.42. The first-order chi connectivity index (χ1) is 32.1. The van der Waals surface area contributed by atoms with Gasteiger partial charge in [0, 0.05) is 72.9 Å². The molecule has 2 aromatic carbocycles. The molecule has 20 heteroatoms. The van der Waals surface area contributed by atoms with Crippen LogP contribution in [0.3, 0.4) is 0 Å². The molecule has 1 aliphatic carbocycles. The van der Waals surface area contributed by atoms with E-state index in [1.54, 1.807) is 54.6 Å². The summed E-state index contributed by atoms with van der Waals surface area (Å²) < 4.78 is 9.37. The summed E-state index contributed by atoms with van der Waals surface area (Å²) in [5, 5.41) is 29.6. The molecule has 3 aromatic heterocycles. The van der Waals surface area contributed by atoms with Crippen molar-refractivity contribution in [2.24, 2.45) is 0 Å². The second kappa shape index (κ2) is 18.9. The Morgan fingerprint density at radius 3 is 2.70 bits per heavy atom. The van der Waals surface area contributed by atoms with Crippen molar-refractivity contribution < 1.29 is 28.7 Å². The topological polar surface area (TPSA) is 247 Å². The molecule has 0 bridgehead atoms. The molecule has 5 aromatic rings. The van der Waals surface area contributed by atoms with Gasteiger partial charge in [-0.2, -0.15) is 5.26 Å². The highest BCUT2D eigenvalue weighted by Crippen LogP contribution is 2.44. The fourth-order valence-corrected chi connectivity index (χ4v) is 9.52. The molecule has 2 atom stereocenters. The molecule has 340 valence electrons. The van der Waals surface area contributed by atoms with Crippen LogP contribution in [0.15, 0.2) is 55.1 Å². The largest absolute Gasteiger partial charge is 0.496 e. The molecule has 0 radical (unpaired) electrons. The highest BCUT2D eigenvalue weighted by atomic mass is 16.5. The third kappa shape index (κ3) is 8.68. The molecule has 9 rings (SSSR count). The molecule has 1 saturated heterocycles. The highest BCUT2D eigenvalue weighted by molar-refractivity contribution is 6.06. The Labute approximate surface area is 380 Å². The van der Waals surface area contributed by atoms with Crippen molar-refractivity contribution in [3.8, 4) is 17.5 Å². The van der Waals surface area contributed by atoms with E-state index in [1.165, 1.54) is 4.90 Å². The average molecular weight is 895 g/mol. The van der Waals surface area contributed by atoms with Crippen LogP contribution in [-0.4, -0.2) is 101 Å². The molecule has 1 saturated carbocycles. The van der Waals surface area contributed by atoms with Gasteiger partial charge >= 0.3 is 0 Å². The Balaban J connectivity index is 0.746. The summed E-state index contributed by atoms with van der Waals surface area (Å²) >= 11 is 0. The van der Waals surface area contributed by atoms with E-state index in [9.17, 15) is 29.2 Å². The van der Waals surface area contributed by atoms with Gasteiger partial charge in [-0.15, -0.1) is 5.10 Å². The number of imidazole rings is 1. The second-order valence-electron chi connectivity index (χ2n) is 16.9. The lowest BCUT2D eigenvalue weighted by molar-refractivity contribution is -0.137. The number of carbonyl (C=O) groups is 5. The Hall–Kier alpha value is -7.53. The van der Waals surface area contributed by atoms with Crippen LogP contribution >= 0.6 is 0 Å². The third-order valence-electron chi connectivity index (χ3n) is 12.8. The van der Waals surface area contributed by atoms with Crippen molar-refractivity contribution in [3.05, 3.63) is 100 Å². The van der Waals surface area contributed by atoms with E-state index in [4.69, 9.17) is 14.7 Å². The molecule has 5 amide bonds. The number of imide groups is 1. The van der Waals surface area contributed by atoms with Crippen LogP contribution in [0.5, 0.6) is 5.75 Å². The zero-order valence-corrected chi connectivity index (χ0v) is 36.7. The van der Waals surface area contributed by atoms with E-state index in [2.05, 4.69) is 54.5 Å². The van der Waals surface area contributed by atoms with Gasteiger partial charge in [0.15, 0.2) is 11.5 Å². The van der Waals surface area contributed by atoms with Crippen molar-refractivity contribution in [1.29, 1.82) is 5.26 Å². The van der Waals surface area contributed by atoms with Gasteiger partial charge in [-0.1, -0.05) is 37.1 Å². The van der Waals surface area contributed by atoms with E-state index in [1.807, 2.05) is 16.8 Å². The van der Waals surface area contributed by atoms with Crippen LogP contribution in [0.4, 0.5) is 11.5 Å². The Morgan fingerprint density at radius 2 is 1.91 bits per heavy atom. The summed E-state index contributed by atoms with van der Waals surface area (Å²) in [4.78, 5) is 81.5. The maximum absolute atomic E-state index is 13.3. The van der Waals surface area contributed by atoms with Crippen molar-refractivity contribution >= 4 is 41.0 Å². The van der Waals surface area contributed by atoms with E-state index in [-0.39, 0.29) is 62.0 Å². The third-order valence-corrected chi connectivity index (χ3v) is 12.8. The van der Waals surface area contributed by atoms with Crippen LogP contribution in [0.2, 0.25) is 0 Å². The quantitative estimate of drug-likeness (QED) is 0.0821. The molecular weight excluding hydrogens is 845 g/mol. The standard InChI is InChI=1S/C46H50N14O6/c1-3-35-42-34(21-47)51-26-59(42)37-23-49-39(53-43(37)60(35)30-7-4-5-8-30)20-27-11-12-28(19-38(27)66-2)44(63)50-22-29-24-57(56-55-29)18-17-48-16-15-41(62)52-33-10-6-9-31-32(33)25-58(46(31)65)36-13-14-40(61)54-45(36)64/h6,9-12,19,23-24,26,30,35-36,48H,3-5,7-8,13-18,20,22,25H2,1-2H3,(H,50,63)(H,52,62)(H,54,61,64)/t35-,36?/m1/s1. The number of piperidine rings is 1.